The summed E-state index contributed by atoms with van der Waals surface area (Å²) >= 11 is 1.67. The summed E-state index contributed by atoms with van der Waals surface area (Å²) in [5, 5.41) is 3.18. The lowest BCUT2D eigenvalue weighted by molar-refractivity contribution is -0.118. The molecule has 0 N–H and O–H groups in total. The first kappa shape index (κ1) is 11.4. The van der Waals surface area contributed by atoms with Crippen molar-refractivity contribution in [3.05, 3.63) is 16.1 Å². The van der Waals surface area contributed by atoms with Crippen LogP contribution in [-0.4, -0.2) is 10.8 Å². The van der Waals surface area contributed by atoms with Crippen LogP contribution in [0, 0.1) is 12.3 Å². The van der Waals surface area contributed by atoms with Gasteiger partial charge in [-0.2, -0.15) is 0 Å². The molecule has 0 spiro atoms. The predicted molar refractivity (Wildman–Crippen MR) is 59.6 cm³/mol. The summed E-state index contributed by atoms with van der Waals surface area (Å²) < 4.78 is 0. The quantitative estimate of drug-likeness (QED) is 0.766. The van der Waals surface area contributed by atoms with Gasteiger partial charge in [-0.3, -0.25) is 0 Å². The number of ketones is 1. The van der Waals surface area contributed by atoms with E-state index in [1.165, 1.54) is 0 Å². The van der Waals surface area contributed by atoms with Crippen LogP contribution in [0.15, 0.2) is 5.38 Å². The van der Waals surface area contributed by atoms with Crippen LogP contribution in [-0.2, 0) is 11.2 Å². The number of carbonyl (C=O) groups excluding carboxylic acids is 1. The molecule has 0 bridgehead atoms. The minimum absolute atomic E-state index is 0.0341. The van der Waals surface area contributed by atoms with E-state index in [9.17, 15) is 4.79 Å². The maximum Gasteiger partial charge on any atom is 0.130 e. The molecule has 3 heteroatoms. The fourth-order valence-corrected chi connectivity index (χ4v) is 2.33. The van der Waals surface area contributed by atoms with Crippen molar-refractivity contribution in [2.24, 2.45) is 5.41 Å². The van der Waals surface area contributed by atoms with Gasteiger partial charge in [0, 0.05) is 11.8 Å². The van der Waals surface area contributed by atoms with E-state index >= 15 is 0 Å². The van der Waals surface area contributed by atoms with E-state index in [-0.39, 0.29) is 11.2 Å². The van der Waals surface area contributed by atoms with Gasteiger partial charge < -0.3 is 4.79 Å². The second kappa shape index (κ2) is 4.22. The van der Waals surface area contributed by atoms with E-state index in [0.717, 1.165) is 17.1 Å². The molecule has 0 atom stereocenters. The van der Waals surface area contributed by atoms with Gasteiger partial charge in [0.1, 0.15) is 5.78 Å². The van der Waals surface area contributed by atoms with Crippen molar-refractivity contribution in [1.29, 1.82) is 0 Å². The largest absolute Gasteiger partial charge is 0.300 e. The van der Waals surface area contributed by atoms with E-state index < -0.39 is 0 Å². The van der Waals surface area contributed by atoms with Crippen LogP contribution in [0.2, 0.25) is 0 Å². The van der Waals surface area contributed by atoms with Gasteiger partial charge in [0.15, 0.2) is 0 Å². The van der Waals surface area contributed by atoms with Crippen molar-refractivity contribution < 1.29 is 4.79 Å². The Labute approximate surface area is 89.4 Å². The van der Waals surface area contributed by atoms with Crippen LogP contribution in [0.25, 0.3) is 0 Å². The van der Waals surface area contributed by atoms with Crippen LogP contribution in [0.4, 0.5) is 0 Å². The first-order chi connectivity index (χ1) is 6.39. The SMILES string of the molecule is CC(=O)CC(C)(C)Cc1csc(C)n1. The van der Waals surface area contributed by atoms with Crippen LogP contribution < -0.4 is 0 Å². The van der Waals surface area contributed by atoms with Crippen molar-refractivity contribution in [3.63, 3.8) is 0 Å². The summed E-state index contributed by atoms with van der Waals surface area (Å²) in [5.41, 5.74) is 1.14. The molecule has 1 aromatic heterocycles. The molecule has 1 heterocycles. The lowest BCUT2D eigenvalue weighted by Crippen LogP contribution is -2.18. The zero-order valence-electron chi connectivity index (χ0n) is 9.26. The van der Waals surface area contributed by atoms with Gasteiger partial charge in [-0.15, -0.1) is 11.3 Å². The van der Waals surface area contributed by atoms with Crippen LogP contribution >= 0.6 is 11.3 Å². The molecule has 0 saturated carbocycles. The topological polar surface area (TPSA) is 30.0 Å². The van der Waals surface area contributed by atoms with E-state index in [1.807, 2.05) is 6.92 Å². The van der Waals surface area contributed by atoms with Crippen molar-refractivity contribution >= 4 is 17.1 Å². The van der Waals surface area contributed by atoms with Crippen molar-refractivity contribution in [3.8, 4) is 0 Å². The predicted octanol–water partition coefficient (Wildman–Crippen LogP) is 3.00. The minimum Gasteiger partial charge on any atom is -0.300 e. The number of carbonyl (C=O) groups is 1. The standard InChI is InChI=1S/C11H17NOS/c1-8(13)5-11(3,4)6-10-7-14-9(2)12-10/h7H,5-6H2,1-4H3. The fraction of sp³-hybridized carbons (Fsp3) is 0.636. The number of aromatic nitrogens is 1. The van der Waals surface area contributed by atoms with Gasteiger partial charge in [0.2, 0.25) is 0 Å². The van der Waals surface area contributed by atoms with Gasteiger partial charge in [-0.25, -0.2) is 4.98 Å². The number of nitrogens with zero attached hydrogens (tertiary/aromatic N) is 1. The highest BCUT2D eigenvalue weighted by molar-refractivity contribution is 7.09. The molecule has 0 aliphatic carbocycles. The van der Waals surface area contributed by atoms with Crippen LogP contribution in [0.1, 0.15) is 37.9 Å². The third kappa shape index (κ3) is 3.58. The third-order valence-corrected chi connectivity index (χ3v) is 2.88. The molecule has 78 valence electrons. The van der Waals surface area contributed by atoms with Gasteiger partial charge in [0.25, 0.3) is 0 Å². The van der Waals surface area contributed by atoms with E-state index in [4.69, 9.17) is 0 Å². The Hall–Kier alpha value is -0.700. The molecular formula is C11H17NOS. The van der Waals surface area contributed by atoms with Crippen molar-refractivity contribution in [2.75, 3.05) is 0 Å². The number of Topliss-reactive ketones (excluding diaryl/α,β-unsaturated/α-hetero) is 1. The van der Waals surface area contributed by atoms with E-state index in [2.05, 4.69) is 24.2 Å². The lowest BCUT2D eigenvalue weighted by atomic mass is 9.83. The molecule has 0 aliphatic heterocycles. The summed E-state index contributed by atoms with van der Waals surface area (Å²) in [6.07, 6.45) is 1.51. The van der Waals surface area contributed by atoms with Crippen molar-refractivity contribution in [1.82, 2.24) is 4.98 Å². The average molecular weight is 211 g/mol. The Morgan fingerprint density at radius 2 is 2.21 bits per heavy atom. The summed E-state index contributed by atoms with van der Waals surface area (Å²) in [7, 11) is 0. The zero-order chi connectivity index (χ0) is 10.8. The number of hydrogen-bond donors (Lipinski definition) is 0. The van der Waals surface area contributed by atoms with Crippen LogP contribution in [0.5, 0.6) is 0 Å². The highest BCUT2D eigenvalue weighted by atomic mass is 32.1. The molecule has 1 aromatic rings. The first-order valence-electron chi connectivity index (χ1n) is 4.79. The Morgan fingerprint density at radius 3 is 2.64 bits per heavy atom. The molecule has 0 saturated heterocycles. The Bertz CT molecular complexity index is 328. The molecule has 0 radical (unpaired) electrons. The van der Waals surface area contributed by atoms with Gasteiger partial charge in [-0.1, -0.05) is 13.8 Å². The maximum atomic E-state index is 11.0. The number of aryl methyl sites for hydroxylation is 1. The average Bonchev–Trinajstić information content (AvgIpc) is 2.30. The monoisotopic (exact) mass is 211 g/mol. The second-order valence-corrected chi connectivity index (χ2v) is 5.64. The molecule has 1 rings (SSSR count). The number of rotatable bonds is 4. The molecule has 14 heavy (non-hydrogen) atoms. The summed E-state index contributed by atoms with van der Waals surface area (Å²) in [6, 6.07) is 0. The van der Waals surface area contributed by atoms with E-state index in [1.54, 1.807) is 18.3 Å². The second-order valence-electron chi connectivity index (χ2n) is 4.58. The fourth-order valence-electron chi connectivity index (χ4n) is 1.72. The number of hydrogen-bond acceptors (Lipinski definition) is 3. The minimum atomic E-state index is 0.0341. The highest BCUT2D eigenvalue weighted by Crippen LogP contribution is 2.26. The maximum absolute atomic E-state index is 11.0. The molecule has 0 unspecified atom stereocenters. The van der Waals surface area contributed by atoms with Crippen LogP contribution in [0.3, 0.4) is 0 Å². The first-order valence-corrected chi connectivity index (χ1v) is 5.67. The van der Waals surface area contributed by atoms with Gasteiger partial charge in [0.05, 0.1) is 10.7 Å². The number of thiazole rings is 1. The van der Waals surface area contributed by atoms with E-state index in [0.29, 0.717) is 6.42 Å². The summed E-state index contributed by atoms with van der Waals surface area (Å²) in [4.78, 5) is 15.4. The van der Waals surface area contributed by atoms with Gasteiger partial charge >= 0.3 is 0 Å². The third-order valence-electron chi connectivity index (χ3n) is 2.05. The Kier molecular flexibility index (Phi) is 3.43. The van der Waals surface area contributed by atoms with Gasteiger partial charge in [-0.05, 0) is 25.7 Å². The molecule has 0 aliphatic rings. The summed E-state index contributed by atoms with van der Waals surface area (Å²) in [5.74, 6) is 0.252. The Morgan fingerprint density at radius 1 is 1.57 bits per heavy atom. The molecule has 2 nitrogen and oxygen atoms in total. The normalized spacial score (nSPS) is 11.7. The zero-order valence-corrected chi connectivity index (χ0v) is 10.1. The highest BCUT2D eigenvalue weighted by Gasteiger charge is 2.21. The smallest absolute Gasteiger partial charge is 0.130 e. The molecule has 0 aromatic carbocycles. The molecule has 0 fully saturated rings. The molecular weight excluding hydrogens is 194 g/mol. The molecule has 0 amide bonds. The lowest BCUT2D eigenvalue weighted by Gasteiger charge is -2.21. The Balaban J connectivity index is 2.63. The summed E-state index contributed by atoms with van der Waals surface area (Å²) in [6.45, 7) is 7.88. The van der Waals surface area contributed by atoms with Crippen molar-refractivity contribution in [2.45, 2.75) is 40.5 Å².